The predicted octanol–water partition coefficient (Wildman–Crippen LogP) is 2.10. The van der Waals surface area contributed by atoms with E-state index in [1.54, 1.807) is 12.1 Å². The molecule has 0 amide bonds. The van der Waals surface area contributed by atoms with Crippen molar-refractivity contribution < 1.29 is 14.2 Å². The second-order valence-electron chi connectivity index (χ2n) is 3.53. The SMILES string of the molecule is CCOCC1COc2cc(N)c(Cl)cc2O1. The minimum absolute atomic E-state index is 0.0906. The van der Waals surface area contributed by atoms with Gasteiger partial charge in [0, 0.05) is 18.7 Å². The number of hydrogen-bond acceptors (Lipinski definition) is 4. The van der Waals surface area contributed by atoms with Gasteiger partial charge in [-0.2, -0.15) is 0 Å². The van der Waals surface area contributed by atoms with Gasteiger partial charge in [0.25, 0.3) is 0 Å². The highest BCUT2D eigenvalue weighted by Crippen LogP contribution is 2.37. The van der Waals surface area contributed by atoms with Crippen LogP contribution in [0.4, 0.5) is 5.69 Å². The standard InChI is InChI=1S/C11H14ClNO3/c1-2-14-5-7-6-15-10-4-9(13)8(12)3-11(10)16-7/h3-4,7H,2,5-6,13H2,1H3. The topological polar surface area (TPSA) is 53.7 Å². The van der Waals surface area contributed by atoms with Crippen molar-refractivity contribution in [2.45, 2.75) is 13.0 Å². The van der Waals surface area contributed by atoms with Crippen LogP contribution in [0.15, 0.2) is 12.1 Å². The number of ether oxygens (including phenoxy) is 3. The molecule has 0 spiro atoms. The minimum Gasteiger partial charge on any atom is -0.486 e. The largest absolute Gasteiger partial charge is 0.486 e. The summed E-state index contributed by atoms with van der Waals surface area (Å²) in [6.45, 7) is 3.58. The molecule has 16 heavy (non-hydrogen) atoms. The third kappa shape index (κ3) is 2.33. The molecule has 0 fully saturated rings. The normalized spacial score (nSPS) is 18.5. The van der Waals surface area contributed by atoms with E-state index < -0.39 is 0 Å². The molecule has 0 bridgehead atoms. The van der Waals surface area contributed by atoms with Crippen LogP contribution in [0.3, 0.4) is 0 Å². The summed E-state index contributed by atoms with van der Waals surface area (Å²) in [5.41, 5.74) is 6.16. The lowest BCUT2D eigenvalue weighted by Crippen LogP contribution is -2.33. The predicted molar refractivity (Wildman–Crippen MR) is 62.3 cm³/mol. The summed E-state index contributed by atoms with van der Waals surface area (Å²) < 4.78 is 16.5. The van der Waals surface area contributed by atoms with Gasteiger partial charge in [0.15, 0.2) is 17.6 Å². The van der Waals surface area contributed by atoms with Crippen molar-refractivity contribution in [3.8, 4) is 11.5 Å². The van der Waals surface area contributed by atoms with Crippen LogP contribution in [0.1, 0.15) is 6.92 Å². The van der Waals surface area contributed by atoms with Crippen molar-refractivity contribution in [2.75, 3.05) is 25.6 Å². The maximum atomic E-state index is 5.91. The molecule has 0 radical (unpaired) electrons. The fraction of sp³-hybridized carbons (Fsp3) is 0.455. The molecular formula is C11H14ClNO3. The number of nitrogen functional groups attached to an aromatic ring is 1. The summed E-state index contributed by atoms with van der Waals surface area (Å²) in [6.07, 6.45) is -0.0906. The van der Waals surface area contributed by atoms with Crippen molar-refractivity contribution in [1.29, 1.82) is 0 Å². The van der Waals surface area contributed by atoms with Crippen molar-refractivity contribution in [1.82, 2.24) is 0 Å². The second kappa shape index (κ2) is 4.80. The first-order valence-corrected chi connectivity index (χ1v) is 5.54. The molecule has 1 unspecified atom stereocenters. The Morgan fingerprint density at radius 3 is 3.06 bits per heavy atom. The minimum atomic E-state index is -0.0906. The van der Waals surface area contributed by atoms with Crippen molar-refractivity contribution in [3.63, 3.8) is 0 Å². The molecule has 1 aromatic carbocycles. The number of fused-ring (bicyclic) bond motifs is 1. The molecule has 4 nitrogen and oxygen atoms in total. The molecule has 2 rings (SSSR count). The highest BCUT2D eigenvalue weighted by molar-refractivity contribution is 6.33. The van der Waals surface area contributed by atoms with E-state index in [4.69, 9.17) is 31.5 Å². The van der Waals surface area contributed by atoms with Gasteiger partial charge in [-0.05, 0) is 6.92 Å². The monoisotopic (exact) mass is 243 g/mol. The van der Waals surface area contributed by atoms with Crippen molar-refractivity contribution >= 4 is 17.3 Å². The van der Waals surface area contributed by atoms with Gasteiger partial charge in [0.1, 0.15) is 6.61 Å². The summed E-state index contributed by atoms with van der Waals surface area (Å²) in [4.78, 5) is 0. The van der Waals surface area contributed by atoms with Crippen LogP contribution in [0.2, 0.25) is 5.02 Å². The first-order valence-electron chi connectivity index (χ1n) is 5.17. The molecule has 1 aliphatic rings. The van der Waals surface area contributed by atoms with Crippen LogP contribution in [0.5, 0.6) is 11.5 Å². The van der Waals surface area contributed by atoms with E-state index in [1.807, 2.05) is 6.92 Å². The van der Waals surface area contributed by atoms with E-state index >= 15 is 0 Å². The van der Waals surface area contributed by atoms with Gasteiger partial charge in [-0.25, -0.2) is 0 Å². The molecule has 0 aliphatic carbocycles. The lowest BCUT2D eigenvalue weighted by atomic mass is 10.2. The average molecular weight is 244 g/mol. The van der Waals surface area contributed by atoms with Gasteiger partial charge in [0.2, 0.25) is 0 Å². The highest BCUT2D eigenvalue weighted by Gasteiger charge is 2.22. The zero-order chi connectivity index (χ0) is 11.5. The fourth-order valence-corrected chi connectivity index (χ4v) is 1.64. The molecule has 88 valence electrons. The van der Waals surface area contributed by atoms with Gasteiger partial charge in [0.05, 0.1) is 17.3 Å². The first kappa shape index (κ1) is 11.4. The Hall–Kier alpha value is -1.13. The van der Waals surface area contributed by atoms with Crippen LogP contribution < -0.4 is 15.2 Å². The van der Waals surface area contributed by atoms with E-state index in [0.29, 0.717) is 42.0 Å². The second-order valence-corrected chi connectivity index (χ2v) is 3.94. The number of benzene rings is 1. The number of rotatable bonds is 3. The molecular weight excluding hydrogens is 230 g/mol. The smallest absolute Gasteiger partial charge is 0.163 e. The van der Waals surface area contributed by atoms with Crippen LogP contribution in [-0.2, 0) is 4.74 Å². The van der Waals surface area contributed by atoms with Crippen LogP contribution >= 0.6 is 11.6 Å². The Balaban J connectivity index is 2.11. The zero-order valence-electron chi connectivity index (χ0n) is 9.03. The van der Waals surface area contributed by atoms with Gasteiger partial charge in [-0.1, -0.05) is 11.6 Å². The maximum Gasteiger partial charge on any atom is 0.163 e. The maximum absolute atomic E-state index is 5.91. The lowest BCUT2D eigenvalue weighted by Gasteiger charge is -2.26. The van der Waals surface area contributed by atoms with E-state index in [2.05, 4.69) is 0 Å². The number of nitrogens with two attached hydrogens (primary N) is 1. The van der Waals surface area contributed by atoms with Crippen LogP contribution in [-0.4, -0.2) is 25.9 Å². The molecule has 2 N–H and O–H groups in total. The van der Waals surface area contributed by atoms with E-state index in [1.165, 1.54) is 0 Å². The molecule has 1 atom stereocenters. The Morgan fingerprint density at radius 2 is 2.31 bits per heavy atom. The zero-order valence-corrected chi connectivity index (χ0v) is 9.79. The van der Waals surface area contributed by atoms with E-state index in [0.717, 1.165) is 0 Å². The molecule has 0 saturated heterocycles. The van der Waals surface area contributed by atoms with Gasteiger partial charge < -0.3 is 19.9 Å². The third-order valence-electron chi connectivity index (χ3n) is 2.29. The average Bonchev–Trinajstić information content (AvgIpc) is 2.28. The van der Waals surface area contributed by atoms with Crippen LogP contribution in [0.25, 0.3) is 0 Å². The van der Waals surface area contributed by atoms with Gasteiger partial charge in [-0.3, -0.25) is 0 Å². The van der Waals surface area contributed by atoms with Crippen LogP contribution in [0, 0.1) is 0 Å². The van der Waals surface area contributed by atoms with E-state index in [9.17, 15) is 0 Å². The van der Waals surface area contributed by atoms with Gasteiger partial charge in [-0.15, -0.1) is 0 Å². The lowest BCUT2D eigenvalue weighted by molar-refractivity contribution is 0.0128. The summed E-state index contributed by atoms with van der Waals surface area (Å²) in [6, 6.07) is 3.35. The van der Waals surface area contributed by atoms with Crippen molar-refractivity contribution in [2.24, 2.45) is 0 Å². The van der Waals surface area contributed by atoms with Gasteiger partial charge >= 0.3 is 0 Å². The number of halogens is 1. The Bertz CT molecular complexity index is 384. The van der Waals surface area contributed by atoms with E-state index in [-0.39, 0.29) is 6.10 Å². The summed E-state index contributed by atoms with van der Waals surface area (Å²) in [7, 11) is 0. The summed E-state index contributed by atoms with van der Waals surface area (Å²) >= 11 is 5.91. The number of anilines is 1. The summed E-state index contributed by atoms with van der Waals surface area (Å²) in [5.74, 6) is 1.25. The molecule has 1 aromatic rings. The summed E-state index contributed by atoms with van der Waals surface area (Å²) in [5, 5.41) is 0.472. The van der Waals surface area contributed by atoms with Crippen molar-refractivity contribution in [3.05, 3.63) is 17.2 Å². The Morgan fingerprint density at radius 1 is 1.50 bits per heavy atom. The molecule has 1 aliphatic heterocycles. The fourth-order valence-electron chi connectivity index (χ4n) is 1.48. The Labute approximate surface area is 99.2 Å². The number of hydrogen-bond donors (Lipinski definition) is 1. The molecule has 0 saturated carbocycles. The molecule has 0 aromatic heterocycles. The molecule has 1 heterocycles. The highest BCUT2D eigenvalue weighted by atomic mass is 35.5. The molecule has 5 heteroatoms. The quantitative estimate of drug-likeness (QED) is 0.826. The first-order chi connectivity index (χ1) is 7.70. The third-order valence-corrected chi connectivity index (χ3v) is 2.62. The Kier molecular flexibility index (Phi) is 3.41.